The number of phenolic OH excluding ortho intramolecular Hbond substituents is 1. The van der Waals surface area contributed by atoms with Crippen LogP contribution < -0.4 is 15.9 Å². The lowest BCUT2D eigenvalue weighted by atomic mass is 10.1. The third kappa shape index (κ3) is 4.64. The highest BCUT2D eigenvalue weighted by molar-refractivity contribution is 7.89. The number of anilines is 1. The van der Waals surface area contributed by atoms with Crippen molar-refractivity contribution in [1.29, 1.82) is 0 Å². The first kappa shape index (κ1) is 27.8. The van der Waals surface area contributed by atoms with Crippen LogP contribution in [0.4, 0.5) is 14.6 Å². The van der Waals surface area contributed by atoms with Gasteiger partial charge in [-0.1, -0.05) is 6.07 Å². The zero-order valence-electron chi connectivity index (χ0n) is 23.6. The maximum atomic E-state index is 15.7. The van der Waals surface area contributed by atoms with Crippen molar-refractivity contribution in [3.63, 3.8) is 0 Å². The molecule has 45 heavy (non-hydrogen) atoms. The molecular formula is C30H26F2N8O4S. The number of aromatic nitrogens is 6. The summed E-state index contributed by atoms with van der Waals surface area (Å²) >= 11 is 0. The van der Waals surface area contributed by atoms with Crippen molar-refractivity contribution in [3.05, 3.63) is 82.8 Å². The quantitative estimate of drug-likeness (QED) is 0.286. The van der Waals surface area contributed by atoms with Crippen molar-refractivity contribution >= 4 is 26.9 Å². The van der Waals surface area contributed by atoms with E-state index in [1.54, 1.807) is 0 Å². The molecular weight excluding hydrogens is 606 g/mol. The minimum atomic E-state index is -4.07. The molecule has 2 aromatic carbocycles. The van der Waals surface area contributed by atoms with Crippen molar-refractivity contribution in [2.24, 2.45) is 0 Å². The van der Waals surface area contributed by atoms with Crippen LogP contribution in [0, 0.1) is 11.6 Å². The normalized spacial score (nSPS) is 19.8. The zero-order chi connectivity index (χ0) is 31.0. The first-order chi connectivity index (χ1) is 21.7. The van der Waals surface area contributed by atoms with Gasteiger partial charge in [-0.25, -0.2) is 28.1 Å². The Balaban J connectivity index is 1.28. The Hall–Kier alpha value is -4.76. The van der Waals surface area contributed by atoms with Crippen LogP contribution in [-0.2, 0) is 10.0 Å². The van der Waals surface area contributed by atoms with Crippen molar-refractivity contribution in [3.8, 4) is 22.7 Å². The molecule has 230 valence electrons. The van der Waals surface area contributed by atoms with E-state index in [1.807, 2.05) is 4.90 Å². The Morgan fingerprint density at radius 3 is 2.36 bits per heavy atom. The molecule has 2 aliphatic heterocycles. The minimum Gasteiger partial charge on any atom is -0.507 e. The van der Waals surface area contributed by atoms with Crippen LogP contribution in [0.25, 0.3) is 28.0 Å². The predicted molar refractivity (Wildman–Crippen MR) is 159 cm³/mol. The Labute approximate surface area is 255 Å². The number of rotatable bonds is 6. The Bertz CT molecular complexity index is 2130. The fourth-order valence-corrected chi connectivity index (χ4v) is 7.31. The highest BCUT2D eigenvalue weighted by Crippen LogP contribution is 2.38. The molecule has 2 saturated heterocycles. The first-order valence-corrected chi connectivity index (χ1v) is 16.0. The Kier molecular flexibility index (Phi) is 6.25. The topological polar surface area (TPSA) is 148 Å². The number of phenols is 1. The molecule has 2 atom stereocenters. The molecule has 0 spiro atoms. The number of halogens is 2. The summed E-state index contributed by atoms with van der Waals surface area (Å²) in [5, 5.41) is 18.3. The molecule has 3 fully saturated rings. The fourth-order valence-electron chi connectivity index (χ4n) is 6.25. The summed E-state index contributed by atoms with van der Waals surface area (Å²) in [5.74, 6) is -1.42. The summed E-state index contributed by atoms with van der Waals surface area (Å²) in [6.07, 6.45) is 4.93. The van der Waals surface area contributed by atoms with E-state index in [9.17, 15) is 22.7 Å². The standard InChI is InChI=1S/C30H26F2N8O4S/c31-22-2-1-3-24(41)25(22)26-23(32)12-21-28(38-13-17-6-7-18(14-38)34-17)36-30(42)40(29(21)35-26)19-8-10-20(11-9-19)45(43,44)39-15-33-27(37-39)16-4-5-16/h1-3,8-12,15-18,34,41H,4-7,13-14H2. The lowest BCUT2D eigenvalue weighted by Crippen LogP contribution is -2.52. The molecule has 2 unspecified atom stereocenters. The number of pyridine rings is 1. The van der Waals surface area contributed by atoms with Gasteiger partial charge in [0.15, 0.2) is 17.3 Å². The van der Waals surface area contributed by atoms with Crippen LogP contribution in [-0.4, -0.2) is 67.4 Å². The smallest absolute Gasteiger partial charge is 0.355 e. The van der Waals surface area contributed by atoms with Crippen LogP contribution in [0.3, 0.4) is 0 Å². The molecule has 5 heterocycles. The van der Waals surface area contributed by atoms with Crippen molar-refractivity contribution in [2.45, 2.75) is 48.6 Å². The van der Waals surface area contributed by atoms with E-state index in [2.05, 4.69) is 25.4 Å². The van der Waals surface area contributed by atoms with Gasteiger partial charge in [-0.3, -0.25) is 0 Å². The van der Waals surface area contributed by atoms with E-state index in [1.165, 1.54) is 36.4 Å². The Morgan fingerprint density at radius 1 is 0.933 bits per heavy atom. The van der Waals surface area contributed by atoms with E-state index in [4.69, 9.17) is 0 Å². The van der Waals surface area contributed by atoms with Crippen molar-refractivity contribution in [1.82, 2.24) is 34.0 Å². The van der Waals surface area contributed by atoms with E-state index in [0.29, 0.717) is 18.9 Å². The maximum Gasteiger partial charge on any atom is 0.355 e. The summed E-state index contributed by atoms with van der Waals surface area (Å²) in [5.41, 5.74) is -1.51. The number of nitrogens with one attached hydrogen (secondary N) is 1. The van der Waals surface area contributed by atoms with Gasteiger partial charge in [-0.15, -0.1) is 9.19 Å². The average molecular weight is 633 g/mol. The number of hydrogen-bond acceptors (Lipinski definition) is 10. The molecule has 5 aromatic rings. The van der Waals surface area contributed by atoms with Gasteiger partial charge in [0, 0.05) is 31.1 Å². The second-order valence-electron chi connectivity index (χ2n) is 11.7. The third-order valence-corrected chi connectivity index (χ3v) is 10.2. The van der Waals surface area contributed by atoms with Gasteiger partial charge in [0.2, 0.25) is 0 Å². The highest BCUT2D eigenvalue weighted by Gasteiger charge is 2.35. The molecule has 8 rings (SSSR count). The number of piperazine rings is 1. The molecule has 3 aliphatic rings. The van der Waals surface area contributed by atoms with Crippen LogP contribution in [0.15, 0.2) is 64.5 Å². The molecule has 15 heteroatoms. The van der Waals surface area contributed by atoms with Crippen molar-refractivity contribution in [2.75, 3.05) is 18.0 Å². The molecule has 2 bridgehead atoms. The average Bonchev–Trinajstić information content (AvgIpc) is 3.64. The number of hydrogen-bond donors (Lipinski definition) is 2. The molecule has 0 amide bonds. The van der Waals surface area contributed by atoms with Gasteiger partial charge in [0.1, 0.15) is 29.4 Å². The van der Waals surface area contributed by atoms with Crippen LogP contribution in [0.5, 0.6) is 5.75 Å². The summed E-state index contributed by atoms with van der Waals surface area (Å²) in [4.78, 5) is 28.5. The van der Waals surface area contributed by atoms with Gasteiger partial charge in [-0.05, 0) is 68.1 Å². The van der Waals surface area contributed by atoms with Gasteiger partial charge >= 0.3 is 5.69 Å². The molecule has 2 N–H and O–H groups in total. The Morgan fingerprint density at radius 2 is 1.67 bits per heavy atom. The van der Waals surface area contributed by atoms with E-state index >= 15 is 4.39 Å². The van der Waals surface area contributed by atoms with Crippen LogP contribution >= 0.6 is 0 Å². The molecule has 0 radical (unpaired) electrons. The van der Waals surface area contributed by atoms with Crippen LogP contribution in [0.2, 0.25) is 0 Å². The fraction of sp³-hybridized carbons (Fsp3) is 0.300. The number of nitrogens with zero attached hydrogens (tertiary/aromatic N) is 7. The van der Waals surface area contributed by atoms with Crippen LogP contribution in [0.1, 0.15) is 37.4 Å². The van der Waals surface area contributed by atoms with Gasteiger partial charge in [0.25, 0.3) is 10.0 Å². The summed E-state index contributed by atoms with van der Waals surface area (Å²) in [7, 11) is -4.07. The minimum absolute atomic E-state index is 0.0316. The van der Waals surface area contributed by atoms with E-state index in [0.717, 1.165) is 52.8 Å². The van der Waals surface area contributed by atoms with Gasteiger partial charge < -0.3 is 15.3 Å². The predicted octanol–water partition coefficient (Wildman–Crippen LogP) is 3.08. The molecule has 1 saturated carbocycles. The first-order valence-electron chi connectivity index (χ1n) is 14.6. The second kappa shape index (κ2) is 10.1. The maximum absolute atomic E-state index is 15.7. The number of aromatic hydroxyl groups is 1. The van der Waals surface area contributed by atoms with Crippen molar-refractivity contribution < 1.29 is 22.3 Å². The summed E-state index contributed by atoms with van der Waals surface area (Å²) < 4.78 is 59.1. The second-order valence-corrected chi connectivity index (χ2v) is 13.5. The number of benzene rings is 2. The van der Waals surface area contributed by atoms with E-state index in [-0.39, 0.29) is 45.4 Å². The largest absolute Gasteiger partial charge is 0.507 e. The van der Waals surface area contributed by atoms with Gasteiger partial charge in [0.05, 0.1) is 21.5 Å². The van der Waals surface area contributed by atoms with E-state index < -0.39 is 44.4 Å². The lowest BCUT2D eigenvalue weighted by molar-refractivity contribution is 0.463. The molecule has 1 aliphatic carbocycles. The lowest BCUT2D eigenvalue weighted by Gasteiger charge is -2.34. The summed E-state index contributed by atoms with van der Waals surface area (Å²) in [6, 6.07) is 10.5. The summed E-state index contributed by atoms with van der Waals surface area (Å²) in [6.45, 7) is 1.10. The highest BCUT2D eigenvalue weighted by atomic mass is 32.2. The zero-order valence-corrected chi connectivity index (χ0v) is 24.5. The molecule has 12 nitrogen and oxygen atoms in total. The third-order valence-electron chi connectivity index (χ3n) is 8.62. The van der Waals surface area contributed by atoms with Gasteiger partial charge in [-0.2, -0.15) is 13.4 Å². The monoisotopic (exact) mass is 632 g/mol. The number of fused-ring (bicyclic) bond motifs is 3. The SMILES string of the molecule is O=c1nc(N2CC3CCC(C2)N3)c2cc(F)c(-c3c(O)cccc3F)nc2n1-c1ccc(S(=O)(=O)n2cnc(C3CC3)n2)cc1. The molecule has 3 aromatic heterocycles.